The van der Waals surface area contributed by atoms with Crippen molar-refractivity contribution in [2.45, 2.75) is 70.1 Å². The van der Waals surface area contributed by atoms with Crippen LogP contribution in [0.15, 0.2) is 0 Å². The van der Waals surface area contributed by atoms with Crippen molar-refractivity contribution in [1.29, 1.82) is 0 Å². The quantitative estimate of drug-likeness (QED) is 0.733. The highest BCUT2D eigenvalue weighted by Crippen LogP contribution is 2.39. The Hall–Kier alpha value is -0.0800. The number of likely N-dealkylation sites (tertiary alicyclic amines) is 1. The third kappa shape index (κ3) is 1.70. The summed E-state index contributed by atoms with van der Waals surface area (Å²) >= 11 is 0. The molecule has 82 valence electrons. The number of hydrogen-bond acceptors (Lipinski definition) is 2. The standard InChI is InChI=1S/C12H23NO/c1-10(2)13-9-5-6-11(13)12(14)7-3-4-8-12/h10-11,14H,3-9H2,1-2H3. The maximum Gasteiger partial charge on any atom is 0.0802 e. The summed E-state index contributed by atoms with van der Waals surface area (Å²) < 4.78 is 0. The zero-order chi connectivity index (χ0) is 10.2. The molecule has 2 nitrogen and oxygen atoms in total. The molecule has 1 unspecified atom stereocenters. The van der Waals surface area contributed by atoms with Crippen LogP contribution in [0.4, 0.5) is 0 Å². The molecule has 1 saturated carbocycles. The first-order chi connectivity index (χ1) is 6.63. The molecule has 0 spiro atoms. The van der Waals surface area contributed by atoms with Crippen LogP contribution in [0.2, 0.25) is 0 Å². The fourth-order valence-electron chi connectivity index (χ4n) is 3.30. The molecular formula is C12H23NO. The maximum absolute atomic E-state index is 10.6. The molecule has 1 N–H and O–H groups in total. The monoisotopic (exact) mass is 197 g/mol. The molecule has 0 aromatic heterocycles. The molecule has 1 saturated heterocycles. The Morgan fingerprint density at radius 2 is 1.86 bits per heavy atom. The Labute approximate surface area is 87.3 Å². The van der Waals surface area contributed by atoms with Crippen LogP contribution in [0.3, 0.4) is 0 Å². The van der Waals surface area contributed by atoms with Crippen molar-refractivity contribution in [2.24, 2.45) is 0 Å². The van der Waals surface area contributed by atoms with Crippen LogP contribution >= 0.6 is 0 Å². The van der Waals surface area contributed by atoms with Gasteiger partial charge in [0, 0.05) is 12.1 Å². The molecule has 14 heavy (non-hydrogen) atoms. The SMILES string of the molecule is CC(C)N1CCCC1C1(O)CCCC1. The second kappa shape index (κ2) is 3.82. The molecule has 0 radical (unpaired) electrons. The molecule has 2 aliphatic rings. The summed E-state index contributed by atoms with van der Waals surface area (Å²) in [6.07, 6.45) is 6.97. The first kappa shape index (κ1) is 10.4. The summed E-state index contributed by atoms with van der Waals surface area (Å²) in [5, 5.41) is 10.6. The van der Waals surface area contributed by atoms with Gasteiger partial charge < -0.3 is 5.11 Å². The van der Waals surface area contributed by atoms with E-state index >= 15 is 0 Å². The van der Waals surface area contributed by atoms with Gasteiger partial charge in [-0.2, -0.15) is 0 Å². The molecule has 0 amide bonds. The van der Waals surface area contributed by atoms with Crippen LogP contribution in [-0.2, 0) is 0 Å². The van der Waals surface area contributed by atoms with E-state index in [1.165, 1.54) is 32.2 Å². The van der Waals surface area contributed by atoms with Crippen molar-refractivity contribution >= 4 is 0 Å². The highest BCUT2D eigenvalue weighted by atomic mass is 16.3. The minimum Gasteiger partial charge on any atom is -0.388 e. The van der Waals surface area contributed by atoms with Crippen LogP contribution in [0, 0.1) is 0 Å². The van der Waals surface area contributed by atoms with E-state index in [2.05, 4.69) is 18.7 Å². The van der Waals surface area contributed by atoms with Gasteiger partial charge in [-0.3, -0.25) is 4.90 Å². The third-order valence-electron chi connectivity index (χ3n) is 4.05. The molecule has 2 fully saturated rings. The van der Waals surface area contributed by atoms with Crippen molar-refractivity contribution in [1.82, 2.24) is 4.90 Å². The second-order valence-electron chi connectivity index (χ2n) is 5.30. The molecule has 0 aromatic carbocycles. The molecule has 1 heterocycles. The fraction of sp³-hybridized carbons (Fsp3) is 1.00. The average Bonchev–Trinajstić information content (AvgIpc) is 2.71. The zero-order valence-corrected chi connectivity index (χ0v) is 9.50. The van der Waals surface area contributed by atoms with Crippen molar-refractivity contribution in [3.63, 3.8) is 0 Å². The van der Waals surface area contributed by atoms with E-state index in [9.17, 15) is 5.11 Å². The maximum atomic E-state index is 10.6. The molecule has 1 aliphatic heterocycles. The Morgan fingerprint density at radius 3 is 2.43 bits per heavy atom. The Bertz CT molecular complexity index is 196. The lowest BCUT2D eigenvalue weighted by Gasteiger charge is -2.38. The van der Waals surface area contributed by atoms with E-state index in [0.717, 1.165) is 12.8 Å². The normalized spacial score (nSPS) is 33.0. The lowest BCUT2D eigenvalue weighted by Crippen LogP contribution is -2.50. The van der Waals surface area contributed by atoms with Gasteiger partial charge in [-0.05, 0) is 46.1 Å². The molecule has 0 bridgehead atoms. The summed E-state index contributed by atoms with van der Waals surface area (Å²) in [7, 11) is 0. The number of nitrogens with zero attached hydrogens (tertiary/aromatic N) is 1. The summed E-state index contributed by atoms with van der Waals surface area (Å²) in [5.74, 6) is 0. The Morgan fingerprint density at radius 1 is 1.21 bits per heavy atom. The van der Waals surface area contributed by atoms with Gasteiger partial charge in [0.25, 0.3) is 0 Å². The molecular weight excluding hydrogens is 174 g/mol. The van der Waals surface area contributed by atoms with Gasteiger partial charge >= 0.3 is 0 Å². The van der Waals surface area contributed by atoms with Gasteiger partial charge in [0.2, 0.25) is 0 Å². The Kier molecular flexibility index (Phi) is 2.85. The predicted octanol–water partition coefficient (Wildman–Crippen LogP) is 2.16. The minimum absolute atomic E-state index is 0.346. The first-order valence-electron chi connectivity index (χ1n) is 6.11. The van der Waals surface area contributed by atoms with Gasteiger partial charge in [-0.25, -0.2) is 0 Å². The molecule has 2 rings (SSSR count). The number of aliphatic hydroxyl groups is 1. The second-order valence-corrected chi connectivity index (χ2v) is 5.30. The van der Waals surface area contributed by atoms with E-state index < -0.39 is 0 Å². The van der Waals surface area contributed by atoms with E-state index in [0.29, 0.717) is 12.1 Å². The summed E-state index contributed by atoms with van der Waals surface area (Å²) in [6.45, 7) is 5.68. The average molecular weight is 197 g/mol. The lowest BCUT2D eigenvalue weighted by molar-refractivity contribution is -0.0361. The smallest absolute Gasteiger partial charge is 0.0802 e. The lowest BCUT2D eigenvalue weighted by atomic mass is 9.90. The van der Waals surface area contributed by atoms with Crippen LogP contribution in [0.1, 0.15) is 52.4 Å². The fourth-order valence-corrected chi connectivity index (χ4v) is 3.30. The van der Waals surface area contributed by atoms with Gasteiger partial charge in [-0.1, -0.05) is 12.8 Å². The third-order valence-corrected chi connectivity index (χ3v) is 4.05. The number of rotatable bonds is 2. The van der Waals surface area contributed by atoms with Crippen LogP contribution in [-0.4, -0.2) is 34.2 Å². The molecule has 2 heteroatoms. The first-order valence-corrected chi connectivity index (χ1v) is 6.11. The van der Waals surface area contributed by atoms with Crippen LogP contribution in [0.5, 0.6) is 0 Å². The Balaban J connectivity index is 2.08. The van der Waals surface area contributed by atoms with E-state index in [4.69, 9.17) is 0 Å². The minimum atomic E-state index is -0.346. The van der Waals surface area contributed by atoms with Crippen molar-refractivity contribution in [3.8, 4) is 0 Å². The summed E-state index contributed by atoms with van der Waals surface area (Å²) in [4.78, 5) is 2.51. The zero-order valence-electron chi connectivity index (χ0n) is 9.50. The molecule has 0 aromatic rings. The van der Waals surface area contributed by atoms with Crippen LogP contribution in [0.25, 0.3) is 0 Å². The summed E-state index contributed by atoms with van der Waals surface area (Å²) in [5.41, 5.74) is -0.346. The topological polar surface area (TPSA) is 23.5 Å². The molecule has 1 atom stereocenters. The van der Waals surface area contributed by atoms with Crippen molar-refractivity contribution in [2.75, 3.05) is 6.54 Å². The van der Waals surface area contributed by atoms with Crippen molar-refractivity contribution < 1.29 is 5.11 Å². The van der Waals surface area contributed by atoms with Gasteiger partial charge in [0.05, 0.1) is 5.60 Å². The number of hydrogen-bond donors (Lipinski definition) is 1. The van der Waals surface area contributed by atoms with Crippen LogP contribution < -0.4 is 0 Å². The summed E-state index contributed by atoms with van der Waals surface area (Å²) in [6, 6.07) is 1.04. The van der Waals surface area contributed by atoms with Crippen molar-refractivity contribution in [3.05, 3.63) is 0 Å². The predicted molar refractivity (Wildman–Crippen MR) is 58.3 cm³/mol. The van der Waals surface area contributed by atoms with Gasteiger partial charge in [0.15, 0.2) is 0 Å². The van der Waals surface area contributed by atoms with E-state index in [1.807, 2.05) is 0 Å². The van der Waals surface area contributed by atoms with Gasteiger partial charge in [-0.15, -0.1) is 0 Å². The van der Waals surface area contributed by atoms with Gasteiger partial charge in [0.1, 0.15) is 0 Å². The van der Waals surface area contributed by atoms with E-state index in [1.54, 1.807) is 0 Å². The largest absolute Gasteiger partial charge is 0.388 e. The highest BCUT2D eigenvalue weighted by Gasteiger charge is 2.44. The molecule has 1 aliphatic carbocycles. The highest BCUT2D eigenvalue weighted by molar-refractivity contribution is 4.99. The van der Waals surface area contributed by atoms with E-state index in [-0.39, 0.29) is 5.60 Å².